The monoisotopic (exact) mass is 329 g/mol. The summed E-state index contributed by atoms with van der Waals surface area (Å²) in [7, 11) is 0. The maximum Gasteiger partial charge on any atom is 0.156 e. The van der Waals surface area contributed by atoms with Gasteiger partial charge in [-0.1, -0.05) is 23.7 Å². The van der Waals surface area contributed by atoms with Crippen LogP contribution in [0.25, 0.3) is 0 Å². The minimum Gasteiger partial charge on any atom is -0.485 e. The number of para-hydroxylation sites is 1. The van der Waals surface area contributed by atoms with Crippen LogP contribution in [0.1, 0.15) is 5.56 Å². The molecule has 18 heavy (non-hydrogen) atoms. The van der Waals surface area contributed by atoms with Crippen molar-refractivity contribution in [2.24, 2.45) is 0 Å². The molecule has 94 valence electrons. The molecule has 0 fully saturated rings. The van der Waals surface area contributed by atoms with E-state index in [1.807, 2.05) is 6.07 Å². The molecule has 2 nitrogen and oxygen atoms in total. The van der Waals surface area contributed by atoms with Crippen molar-refractivity contribution in [3.05, 3.63) is 57.3 Å². The summed E-state index contributed by atoms with van der Waals surface area (Å²) in [4.78, 5) is 0. The van der Waals surface area contributed by atoms with Crippen molar-refractivity contribution in [3.63, 3.8) is 0 Å². The first-order chi connectivity index (χ1) is 8.58. The Bertz CT molecular complexity index is 557. The van der Waals surface area contributed by atoms with Crippen LogP contribution in [-0.4, -0.2) is 0 Å². The number of benzene rings is 2. The van der Waals surface area contributed by atoms with Gasteiger partial charge in [0.2, 0.25) is 0 Å². The van der Waals surface area contributed by atoms with Crippen LogP contribution < -0.4 is 10.5 Å². The fourth-order valence-corrected chi connectivity index (χ4v) is 2.12. The second kappa shape index (κ2) is 5.59. The summed E-state index contributed by atoms with van der Waals surface area (Å²) in [6.07, 6.45) is 0. The van der Waals surface area contributed by atoms with Gasteiger partial charge in [-0.3, -0.25) is 0 Å². The maximum absolute atomic E-state index is 13.5. The molecule has 0 heterocycles. The maximum atomic E-state index is 13.5. The van der Waals surface area contributed by atoms with Crippen LogP contribution in [0.2, 0.25) is 5.02 Å². The molecule has 0 aliphatic heterocycles. The predicted octanol–water partition coefficient (Wildman–Crippen LogP) is 4.40. The van der Waals surface area contributed by atoms with Crippen LogP contribution in [0.3, 0.4) is 0 Å². The Morgan fingerprint density at radius 1 is 1.28 bits per heavy atom. The van der Waals surface area contributed by atoms with Gasteiger partial charge >= 0.3 is 0 Å². The summed E-state index contributed by atoms with van der Waals surface area (Å²) in [6, 6.07) is 9.79. The van der Waals surface area contributed by atoms with E-state index in [2.05, 4.69) is 15.9 Å². The second-order valence-electron chi connectivity index (χ2n) is 3.68. The van der Waals surface area contributed by atoms with Crippen molar-refractivity contribution in [1.29, 1.82) is 0 Å². The summed E-state index contributed by atoms with van der Waals surface area (Å²) in [5.74, 6) is 0.111. The molecule has 0 aliphatic carbocycles. The van der Waals surface area contributed by atoms with Gasteiger partial charge in [0.15, 0.2) is 5.75 Å². The summed E-state index contributed by atoms with van der Waals surface area (Å²) >= 11 is 9.01. The summed E-state index contributed by atoms with van der Waals surface area (Å²) in [5, 5.41) is 0.358. The molecule has 0 saturated heterocycles. The normalized spacial score (nSPS) is 10.4. The van der Waals surface area contributed by atoms with Crippen LogP contribution in [-0.2, 0) is 6.61 Å². The Morgan fingerprint density at radius 3 is 2.72 bits per heavy atom. The zero-order valence-electron chi connectivity index (χ0n) is 9.29. The molecular weight excluding hydrogens is 321 g/mol. The van der Waals surface area contributed by atoms with Crippen molar-refractivity contribution < 1.29 is 9.13 Å². The fraction of sp³-hybridized carbons (Fsp3) is 0.0769. The lowest BCUT2D eigenvalue weighted by Crippen LogP contribution is -2.01. The third-order valence-electron chi connectivity index (χ3n) is 2.38. The molecule has 0 saturated carbocycles. The van der Waals surface area contributed by atoms with Gasteiger partial charge in [-0.2, -0.15) is 0 Å². The van der Waals surface area contributed by atoms with Crippen LogP contribution in [0, 0.1) is 5.82 Å². The minimum atomic E-state index is -0.395. The highest BCUT2D eigenvalue weighted by Gasteiger charge is 2.08. The molecule has 2 aromatic carbocycles. The zero-order valence-corrected chi connectivity index (χ0v) is 11.6. The van der Waals surface area contributed by atoms with E-state index < -0.39 is 5.82 Å². The van der Waals surface area contributed by atoms with Gasteiger partial charge in [0, 0.05) is 10.6 Å². The molecule has 2 N–H and O–H groups in total. The molecule has 5 heteroatoms. The molecule has 0 bridgehead atoms. The topological polar surface area (TPSA) is 35.2 Å². The van der Waals surface area contributed by atoms with Gasteiger partial charge < -0.3 is 10.5 Å². The SMILES string of the molecule is Nc1cccc(Br)c1OCc1ccc(Cl)cc1F. The van der Waals surface area contributed by atoms with E-state index >= 15 is 0 Å². The molecular formula is C13H10BrClFNO. The Hall–Kier alpha value is -1.26. The molecule has 0 atom stereocenters. The number of anilines is 1. The zero-order chi connectivity index (χ0) is 13.1. The molecule has 0 radical (unpaired) electrons. The highest BCUT2D eigenvalue weighted by atomic mass is 79.9. The number of hydrogen-bond donors (Lipinski definition) is 1. The highest BCUT2D eigenvalue weighted by Crippen LogP contribution is 2.31. The Balaban J connectivity index is 2.16. The lowest BCUT2D eigenvalue weighted by Gasteiger charge is -2.11. The van der Waals surface area contributed by atoms with Gasteiger partial charge in [-0.05, 0) is 40.2 Å². The number of nitrogens with two attached hydrogens (primary N) is 1. The predicted molar refractivity (Wildman–Crippen MR) is 74.3 cm³/mol. The summed E-state index contributed by atoms with van der Waals surface area (Å²) in [5.41, 5.74) is 6.70. The van der Waals surface area contributed by atoms with Crippen LogP contribution in [0.4, 0.5) is 10.1 Å². The number of halogens is 3. The number of hydrogen-bond acceptors (Lipinski definition) is 2. The first kappa shape index (κ1) is 13.2. The van der Waals surface area contributed by atoms with E-state index in [0.29, 0.717) is 22.0 Å². The summed E-state index contributed by atoms with van der Waals surface area (Å²) < 4.78 is 19.8. The molecule has 0 spiro atoms. The number of ether oxygens (including phenoxy) is 1. The standard InChI is InChI=1S/C13H10BrClFNO/c14-10-2-1-3-12(17)13(10)18-7-8-4-5-9(15)6-11(8)16/h1-6H,7,17H2. The average molecular weight is 331 g/mol. The first-order valence-electron chi connectivity index (χ1n) is 5.18. The largest absolute Gasteiger partial charge is 0.485 e. The molecule has 2 aromatic rings. The van der Waals surface area contributed by atoms with Crippen molar-refractivity contribution in [2.45, 2.75) is 6.61 Å². The number of rotatable bonds is 3. The average Bonchev–Trinajstić information content (AvgIpc) is 2.31. The van der Waals surface area contributed by atoms with E-state index in [9.17, 15) is 4.39 Å². The van der Waals surface area contributed by atoms with Crippen molar-refractivity contribution in [1.82, 2.24) is 0 Å². The Labute approximate surface area is 118 Å². The van der Waals surface area contributed by atoms with E-state index in [1.54, 1.807) is 24.3 Å². The van der Waals surface area contributed by atoms with Crippen molar-refractivity contribution in [2.75, 3.05) is 5.73 Å². The smallest absolute Gasteiger partial charge is 0.156 e. The van der Waals surface area contributed by atoms with Gasteiger partial charge in [0.05, 0.1) is 10.2 Å². The molecule has 0 aromatic heterocycles. The van der Waals surface area contributed by atoms with Gasteiger partial charge in [-0.15, -0.1) is 0 Å². The van der Waals surface area contributed by atoms with Crippen molar-refractivity contribution in [3.8, 4) is 5.75 Å². The Kier molecular flexibility index (Phi) is 4.09. The quantitative estimate of drug-likeness (QED) is 0.846. The molecule has 0 unspecified atom stereocenters. The van der Waals surface area contributed by atoms with E-state index in [1.165, 1.54) is 6.07 Å². The summed E-state index contributed by atoms with van der Waals surface area (Å²) in [6.45, 7) is 0.0931. The Morgan fingerprint density at radius 2 is 2.06 bits per heavy atom. The fourth-order valence-electron chi connectivity index (χ4n) is 1.47. The lowest BCUT2D eigenvalue weighted by molar-refractivity contribution is 0.299. The van der Waals surface area contributed by atoms with E-state index in [-0.39, 0.29) is 6.61 Å². The van der Waals surface area contributed by atoms with Crippen molar-refractivity contribution >= 4 is 33.2 Å². The third kappa shape index (κ3) is 2.94. The van der Waals surface area contributed by atoms with Crippen LogP contribution in [0.5, 0.6) is 5.75 Å². The molecule has 0 aliphatic rings. The first-order valence-corrected chi connectivity index (χ1v) is 6.35. The highest BCUT2D eigenvalue weighted by molar-refractivity contribution is 9.10. The second-order valence-corrected chi connectivity index (χ2v) is 4.97. The minimum absolute atomic E-state index is 0.0931. The van der Waals surface area contributed by atoms with E-state index in [4.69, 9.17) is 22.1 Å². The molecule has 2 rings (SSSR count). The molecule has 0 amide bonds. The van der Waals surface area contributed by atoms with E-state index in [0.717, 1.165) is 4.47 Å². The van der Waals surface area contributed by atoms with Crippen LogP contribution >= 0.6 is 27.5 Å². The van der Waals surface area contributed by atoms with Gasteiger partial charge in [0.25, 0.3) is 0 Å². The van der Waals surface area contributed by atoms with Crippen LogP contribution in [0.15, 0.2) is 40.9 Å². The third-order valence-corrected chi connectivity index (χ3v) is 3.24. The van der Waals surface area contributed by atoms with Gasteiger partial charge in [-0.25, -0.2) is 4.39 Å². The lowest BCUT2D eigenvalue weighted by atomic mass is 10.2. The van der Waals surface area contributed by atoms with Gasteiger partial charge in [0.1, 0.15) is 12.4 Å². The number of nitrogen functional groups attached to an aromatic ring is 1.